The number of phenolic OH excluding ortho intramolecular Hbond substituents is 3. The van der Waals surface area contributed by atoms with Gasteiger partial charge in [0, 0.05) is 23.1 Å². The molecule has 0 unspecified atom stereocenters. The molecule has 3 N–H and O–H groups in total. The third-order valence-corrected chi connectivity index (χ3v) is 5.42. The first-order valence-electron chi connectivity index (χ1n) is 9.85. The maximum Gasteiger partial charge on any atom is 0.200 e. The highest BCUT2D eigenvalue weighted by Gasteiger charge is 2.48. The lowest BCUT2D eigenvalue weighted by molar-refractivity contribution is 0.103. The lowest BCUT2D eigenvalue weighted by Crippen LogP contribution is -2.11. The average molecular weight is 412 g/mol. The number of rotatable bonds is 7. The summed E-state index contributed by atoms with van der Waals surface area (Å²) in [6.45, 7) is 7.78. The Hall–Kier alpha value is -2.99. The van der Waals surface area contributed by atoms with Gasteiger partial charge in [0.2, 0.25) is 5.78 Å². The van der Waals surface area contributed by atoms with Crippen molar-refractivity contribution in [2.45, 2.75) is 52.2 Å². The number of phenols is 3. The lowest BCUT2D eigenvalue weighted by atomic mass is 9.90. The van der Waals surface area contributed by atoms with E-state index >= 15 is 0 Å². The van der Waals surface area contributed by atoms with E-state index in [-0.39, 0.29) is 40.1 Å². The molecule has 0 bridgehead atoms. The first kappa shape index (κ1) is 21.7. The van der Waals surface area contributed by atoms with Crippen molar-refractivity contribution in [1.29, 1.82) is 0 Å². The quantitative estimate of drug-likeness (QED) is 0.357. The number of ether oxygens (including phenoxy) is 2. The van der Waals surface area contributed by atoms with Crippen molar-refractivity contribution >= 4 is 5.78 Å². The molecule has 0 radical (unpaired) electrons. The van der Waals surface area contributed by atoms with Crippen molar-refractivity contribution in [3.8, 4) is 23.0 Å². The molecule has 0 aliphatic carbocycles. The van der Waals surface area contributed by atoms with Crippen LogP contribution in [-0.4, -0.2) is 39.9 Å². The summed E-state index contributed by atoms with van der Waals surface area (Å²) in [7, 11) is 1.48. The monoisotopic (exact) mass is 412 g/mol. The predicted molar refractivity (Wildman–Crippen MR) is 114 cm³/mol. The molecule has 2 aromatic carbocycles. The van der Waals surface area contributed by atoms with Crippen molar-refractivity contribution in [2.24, 2.45) is 0 Å². The van der Waals surface area contributed by atoms with Crippen LogP contribution < -0.4 is 4.74 Å². The number of benzene rings is 2. The Bertz CT molecular complexity index is 998. The van der Waals surface area contributed by atoms with Gasteiger partial charge in [0.15, 0.2) is 0 Å². The van der Waals surface area contributed by atoms with Crippen molar-refractivity contribution < 1.29 is 29.6 Å². The van der Waals surface area contributed by atoms with Crippen molar-refractivity contribution in [1.82, 2.24) is 0 Å². The Labute approximate surface area is 176 Å². The summed E-state index contributed by atoms with van der Waals surface area (Å²) in [5, 5.41) is 31.5. The van der Waals surface area contributed by atoms with Crippen LogP contribution in [0.25, 0.3) is 0 Å². The van der Waals surface area contributed by atoms with Gasteiger partial charge in [-0.2, -0.15) is 0 Å². The highest BCUT2D eigenvalue weighted by molar-refractivity contribution is 6.13. The zero-order valence-corrected chi connectivity index (χ0v) is 17.9. The van der Waals surface area contributed by atoms with Gasteiger partial charge in [-0.05, 0) is 58.4 Å². The van der Waals surface area contributed by atoms with Crippen LogP contribution in [0.4, 0.5) is 0 Å². The molecule has 1 aliphatic heterocycles. The number of hydrogen-bond donors (Lipinski definition) is 3. The summed E-state index contributed by atoms with van der Waals surface area (Å²) in [6.07, 6.45) is 2.48. The van der Waals surface area contributed by atoms with Crippen LogP contribution in [-0.2, 0) is 17.6 Å². The van der Waals surface area contributed by atoms with Crippen LogP contribution in [0.5, 0.6) is 23.0 Å². The van der Waals surface area contributed by atoms with Crippen LogP contribution in [0, 0.1) is 0 Å². The number of carbonyl (C=O) groups is 1. The minimum absolute atomic E-state index is 0.0211. The number of ketones is 1. The Morgan fingerprint density at radius 1 is 1.10 bits per heavy atom. The van der Waals surface area contributed by atoms with Gasteiger partial charge in [-0.25, -0.2) is 0 Å². The van der Waals surface area contributed by atoms with E-state index in [0.717, 1.165) is 5.57 Å². The van der Waals surface area contributed by atoms with E-state index in [9.17, 15) is 20.1 Å². The van der Waals surface area contributed by atoms with E-state index in [0.29, 0.717) is 29.7 Å². The second-order valence-corrected chi connectivity index (χ2v) is 8.34. The molecule has 6 heteroatoms. The van der Waals surface area contributed by atoms with Gasteiger partial charge >= 0.3 is 0 Å². The first-order valence-corrected chi connectivity index (χ1v) is 9.85. The van der Waals surface area contributed by atoms with Crippen LogP contribution >= 0.6 is 0 Å². The second-order valence-electron chi connectivity index (χ2n) is 8.34. The average Bonchev–Trinajstić information content (AvgIpc) is 3.29. The molecule has 0 aromatic heterocycles. The highest BCUT2D eigenvalue weighted by Crippen LogP contribution is 2.48. The van der Waals surface area contributed by atoms with Gasteiger partial charge in [-0.3, -0.25) is 4.79 Å². The fourth-order valence-electron chi connectivity index (χ4n) is 3.52. The van der Waals surface area contributed by atoms with Crippen molar-refractivity contribution in [2.75, 3.05) is 7.11 Å². The highest BCUT2D eigenvalue weighted by atomic mass is 16.6. The Morgan fingerprint density at radius 2 is 1.67 bits per heavy atom. The maximum absolute atomic E-state index is 13.2. The summed E-state index contributed by atoms with van der Waals surface area (Å²) in [5.74, 6) is -0.776. The number of epoxide rings is 1. The minimum atomic E-state index is -0.539. The first-order chi connectivity index (χ1) is 14.1. The molecule has 1 heterocycles. The van der Waals surface area contributed by atoms with E-state index in [1.807, 2.05) is 33.8 Å². The number of aromatic hydroxyl groups is 3. The summed E-state index contributed by atoms with van der Waals surface area (Å²) in [4.78, 5) is 13.2. The molecule has 6 nitrogen and oxygen atoms in total. The maximum atomic E-state index is 13.2. The Morgan fingerprint density at radius 3 is 2.17 bits per heavy atom. The van der Waals surface area contributed by atoms with E-state index in [1.54, 1.807) is 0 Å². The largest absolute Gasteiger partial charge is 0.508 e. The fourth-order valence-corrected chi connectivity index (χ4v) is 3.52. The topological polar surface area (TPSA) is 99.5 Å². The Kier molecular flexibility index (Phi) is 5.81. The van der Waals surface area contributed by atoms with Gasteiger partial charge in [0.25, 0.3) is 0 Å². The molecule has 1 saturated heterocycles. The van der Waals surface area contributed by atoms with Crippen LogP contribution in [0.1, 0.15) is 54.7 Å². The lowest BCUT2D eigenvalue weighted by Gasteiger charge is -2.20. The number of allylic oxidation sites excluding steroid dienone is 2. The molecule has 0 saturated carbocycles. The van der Waals surface area contributed by atoms with Crippen LogP contribution in [0.2, 0.25) is 0 Å². The molecular formula is C24H28O6. The standard InChI is InChI=1S/C24H28O6/c1-13(2)6-11-16-21(27)19(20(26)14-7-9-15(25)10-8-14)22(28)17(23(16)29-5)12-18-24(3,4)30-18/h6-10,18,25,27-28H,11-12H2,1-5H3/t18-/m0/s1. The van der Waals surface area contributed by atoms with Crippen LogP contribution in [0.3, 0.4) is 0 Å². The molecule has 1 aliphatic rings. The summed E-state index contributed by atoms with van der Waals surface area (Å²) < 4.78 is 11.2. The SMILES string of the molecule is COc1c(CC=C(C)C)c(O)c(C(=O)c2ccc(O)cc2)c(O)c1C[C@@H]1OC1(C)C. The fraction of sp³-hybridized carbons (Fsp3) is 0.375. The Balaban J connectivity index is 2.19. The zero-order chi connectivity index (χ0) is 22.2. The molecule has 2 aromatic rings. The predicted octanol–water partition coefficient (Wildman–Crippen LogP) is 4.27. The minimum Gasteiger partial charge on any atom is -0.508 e. The normalized spacial score (nSPS) is 16.8. The summed E-state index contributed by atoms with van der Waals surface area (Å²) in [5.41, 5.74) is 1.66. The summed E-state index contributed by atoms with van der Waals surface area (Å²) >= 11 is 0. The zero-order valence-electron chi connectivity index (χ0n) is 17.9. The van der Waals surface area contributed by atoms with E-state index in [1.165, 1.54) is 31.4 Å². The number of hydrogen-bond acceptors (Lipinski definition) is 6. The molecule has 1 fully saturated rings. The van der Waals surface area contributed by atoms with Gasteiger partial charge in [0.05, 0.1) is 18.8 Å². The molecule has 3 rings (SSSR count). The van der Waals surface area contributed by atoms with Crippen LogP contribution in [0.15, 0.2) is 35.9 Å². The smallest absolute Gasteiger partial charge is 0.200 e. The van der Waals surface area contributed by atoms with Gasteiger partial charge < -0.3 is 24.8 Å². The third-order valence-electron chi connectivity index (χ3n) is 5.42. The van der Waals surface area contributed by atoms with E-state index in [4.69, 9.17) is 9.47 Å². The summed E-state index contributed by atoms with van der Waals surface area (Å²) in [6, 6.07) is 5.67. The molecular weight excluding hydrogens is 384 g/mol. The van der Waals surface area contributed by atoms with Gasteiger partial charge in [0.1, 0.15) is 28.6 Å². The number of methoxy groups -OCH3 is 1. The molecule has 160 valence electrons. The van der Waals surface area contributed by atoms with Crippen molar-refractivity contribution in [3.05, 3.63) is 58.2 Å². The molecule has 0 spiro atoms. The van der Waals surface area contributed by atoms with Gasteiger partial charge in [-0.1, -0.05) is 11.6 Å². The molecule has 0 amide bonds. The number of carbonyl (C=O) groups excluding carboxylic acids is 1. The van der Waals surface area contributed by atoms with Gasteiger partial charge in [-0.15, -0.1) is 0 Å². The molecule has 1 atom stereocenters. The third kappa shape index (κ3) is 4.14. The van der Waals surface area contributed by atoms with E-state index in [2.05, 4.69) is 0 Å². The molecule has 30 heavy (non-hydrogen) atoms. The second kappa shape index (κ2) is 8.03. The van der Waals surface area contributed by atoms with Crippen molar-refractivity contribution in [3.63, 3.8) is 0 Å². The van der Waals surface area contributed by atoms with E-state index < -0.39 is 5.78 Å².